The van der Waals surface area contributed by atoms with Gasteiger partial charge in [0.1, 0.15) is 11.5 Å². The quantitative estimate of drug-likeness (QED) is 0.878. The monoisotopic (exact) mass is 311 g/mol. The van der Waals surface area contributed by atoms with Crippen molar-refractivity contribution in [2.45, 2.75) is 53.5 Å². The predicted molar refractivity (Wildman–Crippen MR) is 92.5 cm³/mol. The summed E-state index contributed by atoms with van der Waals surface area (Å²) in [6, 6.07) is 1.90. The van der Waals surface area contributed by atoms with Crippen molar-refractivity contribution >= 4 is 11.0 Å². The van der Waals surface area contributed by atoms with Crippen molar-refractivity contribution in [3.63, 3.8) is 0 Å². The van der Waals surface area contributed by atoms with Crippen molar-refractivity contribution in [2.24, 2.45) is 17.3 Å². The average Bonchev–Trinajstić information content (AvgIpc) is 2.87. The number of rotatable bonds is 3. The molecule has 2 unspecified atom stereocenters. The molecule has 3 aliphatic rings. The van der Waals surface area contributed by atoms with E-state index >= 15 is 0 Å². The molecule has 2 atom stereocenters. The number of H-pyrrole nitrogens is 1. The third-order valence-electron chi connectivity index (χ3n) is 6.28. The summed E-state index contributed by atoms with van der Waals surface area (Å²) in [6.45, 7) is 9.41. The predicted octanol–water partition coefficient (Wildman–Crippen LogP) is 3.72. The van der Waals surface area contributed by atoms with Crippen LogP contribution in [-0.4, -0.2) is 14.5 Å². The Bertz CT molecular complexity index is 869. The molecule has 1 saturated carbocycles. The van der Waals surface area contributed by atoms with Crippen molar-refractivity contribution in [1.82, 2.24) is 14.5 Å². The maximum atomic E-state index is 12.7. The minimum absolute atomic E-state index is 0.0824. The van der Waals surface area contributed by atoms with Gasteiger partial charge in [-0.05, 0) is 56.4 Å². The molecule has 2 aromatic rings. The molecule has 0 spiro atoms. The smallest absolute Gasteiger partial charge is 0.263 e. The van der Waals surface area contributed by atoms with E-state index in [1.165, 1.54) is 12.8 Å². The summed E-state index contributed by atoms with van der Waals surface area (Å²) in [5.41, 5.74) is 3.78. The SMILES string of the molecule is Cc1cc2c(=O)n(CCC3=CCC4CC3C4(C)C)c(C)nc2[nH]1. The fourth-order valence-electron chi connectivity index (χ4n) is 4.60. The molecule has 4 heteroatoms. The van der Waals surface area contributed by atoms with Crippen LogP contribution < -0.4 is 5.56 Å². The summed E-state index contributed by atoms with van der Waals surface area (Å²) < 4.78 is 1.84. The highest BCUT2D eigenvalue weighted by Crippen LogP contribution is 2.59. The van der Waals surface area contributed by atoms with Crippen LogP contribution in [0.3, 0.4) is 0 Å². The zero-order valence-corrected chi connectivity index (χ0v) is 14.4. The lowest BCUT2D eigenvalue weighted by molar-refractivity contribution is -0.00856. The van der Waals surface area contributed by atoms with Crippen LogP contribution >= 0.6 is 0 Å². The Hall–Kier alpha value is -1.84. The summed E-state index contributed by atoms with van der Waals surface area (Å²) in [5.74, 6) is 2.37. The molecule has 0 aromatic carbocycles. The number of nitrogens with zero attached hydrogens (tertiary/aromatic N) is 2. The Morgan fingerprint density at radius 3 is 2.87 bits per heavy atom. The van der Waals surface area contributed by atoms with Gasteiger partial charge in [0.15, 0.2) is 0 Å². The van der Waals surface area contributed by atoms with Crippen LogP contribution in [0.25, 0.3) is 11.0 Å². The van der Waals surface area contributed by atoms with E-state index in [0.29, 0.717) is 22.4 Å². The molecule has 1 fully saturated rings. The standard InChI is InChI=1S/C19H25N3O/c1-11-9-15-17(20-11)21-12(2)22(18(15)23)8-7-13-5-6-14-10-16(13)19(14,3)4/h5,9,14,16,20H,6-8,10H2,1-4H3. The van der Waals surface area contributed by atoms with E-state index in [0.717, 1.165) is 30.4 Å². The normalized spacial score (nSPS) is 25.3. The van der Waals surface area contributed by atoms with Gasteiger partial charge in [0, 0.05) is 12.2 Å². The lowest BCUT2D eigenvalue weighted by Gasteiger charge is -2.56. The lowest BCUT2D eigenvalue weighted by Crippen LogP contribution is -2.48. The van der Waals surface area contributed by atoms with Gasteiger partial charge in [-0.3, -0.25) is 9.36 Å². The van der Waals surface area contributed by atoms with Crippen LogP contribution in [-0.2, 0) is 6.54 Å². The second-order valence-corrected chi connectivity index (χ2v) is 7.90. The van der Waals surface area contributed by atoms with E-state index in [-0.39, 0.29) is 5.56 Å². The summed E-state index contributed by atoms with van der Waals surface area (Å²) in [5, 5.41) is 0.703. The summed E-state index contributed by atoms with van der Waals surface area (Å²) >= 11 is 0. The third-order valence-corrected chi connectivity index (χ3v) is 6.28. The average molecular weight is 311 g/mol. The summed E-state index contributed by atoms with van der Waals surface area (Å²) in [6.07, 6.45) is 5.94. The Kier molecular flexibility index (Phi) is 3.09. The van der Waals surface area contributed by atoms with Gasteiger partial charge in [0.2, 0.25) is 0 Å². The second-order valence-electron chi connectivity index (χ2n) is 7.90. The van der Waals surface area contributed by atoms with Gasteiger partial charge in [-0.1, -0.05) is 25.5 Å². The molecule has 0 saturated heterocycles. The van der Waals surface area contributed by atoms with Crippen molar-refractivity contribution < 1.29 is 0 Å². The van der Waals surface area contributed by atoms with Crippen LogP contribution in [0.2, 0.25) is 0 Å². The van der Waals surface area contributed by atoms with Crippen molar-refractivity contribution in [3.05, 3.63) is 39.6 Å². The van der Waals surface area contributed by atoms with Crippen LogP contribution in [0, 0.1) is 31.1 Å². The van der Waals surface area contributed by atoms with Gasteiger partial charge in [-0.2, -0.15) is 0 Å². The molecule has 3 aliphatic carbocycles. The first-order valence-electron chi connectivity index (χ1n) is 8.63. The summed E-state index contributed by atoms with van der Waals surface area (Å²) in [4.78, 5) is 20.5. The first kappa shape index (κ1) is 14.7. The molecule has 0 amide bonds. The van der Waals surface area contributed by atoms with E-state index in [2.05, 4.69) is 29.9 Å². The molecule has 2 bridgehead atoms. The number of nitrogens with one attached hydrogen (secondary N) is 1. The first-order chi connectivity index (χ1) is 10.9. The van der Waals surface area contributed by atoms with Crippen molar-refractivity contribution in [2.75, 3.05) is 0 Å². The minimum atomic E-state index is 0.0824. The highest BCUT2D eigenvalue weighted by Gasteiger charge is 2.50. The molecule has 23 heavy (non-hydrogen) atoms. The molecular weight excluding hydrogens is 286 g/mol. The number of hydrogen-bond donors (Lipinski definition) is 1. The zero-order chi connectivity index (χ0) is 16.4. The number of aromatic nitrogens is 3. The van der Waals surface area contributed by atoms with Gasteiger partial charge in [0.05, 0.1) is 5.39 Å². The van der Waals surface area contributed by atoms with Crippen LogP contribution in [0.4, 0.5) is 0 Å². The first-order valence-corrected chi connectivity index (χ1v) is 8.63. The molecule has 2 heterocycles. The van der Waals surface area contributed by atoms with Crippen molar-refractivity contribution in [1.29, 1.82) is 0 Å². The Balaban J connectivity index is 1.61. The van der Waals surface area contributed by atoms with E-state index in [1.54, 1.807) is 5.57 Å². The molecule has 4 nitrogen and oxygen atoms in total. The Morgan fingerprint density at radius 2 is 2.17 bits per heavy atom. The Labute approximate surface area is 136 Å². The number of aromatic amines is 1. The lowest BCUT2D eigenvalue weighted by atomic mass is 9.48. The maximum absolute atomic E-state index is 12.7. The topological polar surface area (TPSA) is 50.7 Å². The number of allylic oxidation sites excluding steroid dienone is 2. The fourth-order valence-corrected chi connectivity index (χ4v) is 4.60. The van der Waals surface area contributed by atoms with Crippen molar-refractivity contribution in [3.8, 4) is 0 Å². The van der Waals surface area contributed by atoms with E-state index in [9.17, 15) is 4.79 Å². The molecule has 1 N–H and O–H groups in total. The largest absolute Gasteiger partial charge is 0.343 e. The number of aryl methyl sites for hydroxylation is 2. The minimum Gasteiger partial charge on any atom is -0.343 e. The third kappa shape index (κ3) is 2.11. The van der Waals surface area contributed by atoms with Gasteiger partial charge >= 0.3 is 0 Å². The fraction of sp³-hybridized carbons (Fsp3) is 0.579. The van der Waals surface area contributed by atoms with Crippen LogP contribution in [0.15, 0.2) is 22.5 Å². The zero-order valence-electron chi connectivity index (χ0n) is 14.4. The van der Waals surface area contributed by atoms with Crippen LogP contribution in [0.1, 0.15) is 44.6 Å². The second kappa shape index (κ2) is 4.83. The van der Waals surface area contributed by atoms with Crippen LogP contribution in [0.5, 0.6) is 0 Å². The molecule has 2 aromatic heterocycles. The van der Waals surface area contributed by atoms with Gasteiger partial charge in [-0.15, -0.1) is 0 Å². The van der Waals surface area contributed by atoms with E-state index < -0.39 is 0 Å². The molecular formula is C19H25N3O. The Morgan fingerprint density at radius 1 is 1.39 bits per heavy atom. The van der Waals surface area contributed by atoms with Gasteiger partial charge < -0.3 is 4.98 Å². The molecule has 0 radical (unpaired) electrons. The molecule has 5 rings (SSSR count). The number of fused-ring (bicyclic) bond motifs is 2. The van der Waals surface area contributed by atoms with E-state index in [4.69, 9.17) is 0 Å². The van der Waals surface area contributed by atoms with E-state index in [1.807, 2.05) is 24.5 Å². The number of hydrogen-bond acceptors (Lipinski definition) is 2. The molecule has 0 aliphatic heterocycles. The van der Waals surface area contributed by atoms with Gasteiger partial charge in [-0.25, -0.2) is 4.98 Å². The summed E-state index contributed by atoms with van der Waals surface area (Å²) in [7, 11) is 0. The molecule has 122 valence electrons. The highest BCUT2D eigenvalue weighted by atomic mass is 16.1. The maximum Gasteiger partial charge on any atom is 0.263 e. The van der Waals surface area contributed by atoms with Gasteiger partial charge in [0.25, 0.3) is 5.56 Å². The highest BCUT2D eigenvalue weighted by molar-refractivity contribution is 5.75.